The molecule has 0 saturated carbocycles. The van der Waals surface area contributed by atoms with E-state index in [4.69, 9.17) is 19.3 Å². The van der Waals surface area contributed by atoms with Gasteiger partial charge in [-0.05, 0) is 42.5 Å². The molecule has 33 heavy (non-hydrogen) atoms. The van der Waals surface area contributed by atoms with E-state index >= 15 is 0 Å². The summed E-state index contributed by atoms with van der Waals surface area (Å²) in [5, 5.41) is 9.78. The van der Waals surface area contributed by atoms with E-state index in [9.17, 15) is 4.79 Å². The van der Waals surface area contributed by atoms with Crippen molar-refractivity contribution >= 4 is 33.2 Å². The molecule has 3 aliphatic heterocycles. The Labute approximate surface area is 199 Å². The fourth-order valence-corrected chi connectivity index (χ4v) is 5.21. The van der Waals surface area contributed by atoms with Crippen LogP contribution >= 0.6 is 15.9 Å². The summed E-state index contributed by atoms with van der Waals surface area (Å²) in [6.45, 7) is 0. The highest BCUT2D eigenvalue weighted by Gasteiger charge is 2.60. The molecule has 0 fully saturated rings. The van der Waals surface area contributed by atoms with Crippen LogP contribution in [0.2, 0.25) is 0 Å². The molecule has 0 bridgehead atoms. The van der Waals surface area contributed by atoms with E-state index in [1.54, 1.807) is 14.2 Å². The Morgan fingerprint density at radius 2 is 1.91 bits per heavy atom. The number of carbonyl (C=O) groups excluding carboxylic acids is 1. The van der Waals surface area contributed by atoms with Crippen LogP contribution < -0.4 is 19.5 Å². The van der Waals surface area contributed by atoms with Crippen LogP contribution in [0.15, 0.2) is 70.2 Å². The Bertz CT molecular complexity index is 1340. The molecular formula is C25H20BrN3O4. The van der Waals surface area contributed by atoms with Crippen LogP contribution in [-0.4, -0.2) is 30.8 Å². The molecule has 3 heterocycles. The summed E-state index contributed by atoms with van der Waals surface area (Å²) in [5.41, 5.74) is 2.81. The number of ether oxygens (including phenoxy) is 3. The number of para-hydroxylation sites is 1. The van der Waals surface area contributed by atoms with Crippen LogP contribution in [0.1, 0.15) is 29.2 Å². The molecule has 1 amide bonds. The van der Waals surface area contributed by atoms with Gasteiger partial charge in [0, 0.05) is 22.0 Å². The molecule has 7 nitrogen and oxygen atoms in total. The van der Waals surface area contributed by atoms with Crippen molar-refractivity contribution in [3.05, 3.63) is 81.8 Å². The lowest BCUT2D eigenvalue weighted by Crippen LogP contribution is -2.55. The van der Waals surface area contributed by atoms with Crippen molar-refractivity contribution in [1.82, 2.24) is 5.01 Å². The maximum Gasteiger partial charge on any atom is 0.306 e. The van der Waals surface area contributed by atoms with Crippen LogP contribution in [0, 0.1) is 0 Å². The quantitative estimate of drug-likeness (QED) is 0.552. The second kappa shape index (κ2) is 7.25. The van der Waals surface area contributed by atoms with Crippen LogP contribution in [0.4, 0.5) is 5.69 Å². The monoisotopic (exact) mass is 505 g/mol. The Morgan fingerprint density at radius 3 is 2.73 bits per heavy atom. The molecule has 0 radical (unpaired) electrons. The number of hydrogen-bond acceptors (Lipinski definition) is 6. The highest BCUT2D eigenvalue weighted by Crippen LogP contribution is 2.54. The number of carbonyl (C=O) groups is 1. The van der Waals surface area contributed by atoms with Crippen molar-refractivity contribution in [2.75, 3.05) is 19.5 Å². The van der Waals surface area contributed by atoms with Crippen LogP contribution in [-0.2, 0) is 10.5 Å². The number of nitrogens with zero attached hydrogens (tertiary/aromatic N) is 2. The molecule has 0 aliphatic carbocycles. The maximum absolute atomic E-state index is 13.5. The van der Waals surface area contributed by atoms with Crippen LogP contribution in [0.25, 0.3) is 0 Å². The number of hydrazone groups is 1. The zero-order valence-corrected chi connectivity index (χ0v) is 19.5. The van der Waals surface area contributed by atoms with Crippen molar-refractivity contribution < 1.29 is 19.0 Å². The summed E-state index contributed by atoms with van der Waals surface area (Å²) in [6.07, 6.45) is 0.619. The number of rotatable bonds is 3. The van der Waals surface area contributed by atoms with Gasteiger partial charge in [-0.3, -0.25) is 4.79 Å². The third-order valence-electron chi connectivity index (χ3n) is 6.39. The zero-order chi connectivity index (χ0) is 22.7. The van der Waals surface area contributed by atoms with Gasteiger partial charge < -0.3 is 19.5 Å². The second-order valence-electron chi connectivity index (χ2n) is 8.11. The van der Waals surface area contributed by atoms with E-state index in [-0.39, 0.29) is 11.9 Å². The average molecular weight is 506 g/mol. The number of nitrogens with one attached hydrogen (secondary N) is 1. The minimum Gasteiger partial charge on any atom is -0.493 e. The maximum atomic E-state index is 13.5. The van der Waals surface area contributed by atoms with Crippen molar-refractivity contribution in [2.45, 2.75) is 18.2 Å². The Hall–Kier alpha value is -3.52. The first-order valence-corrected chi connectivity index (χ1v) is 11.3. The highest BCUT2D eigenvalue weighted by molar-refractivity contribution is 9.10. The number of hydrogen-bond donors (Lipinski definition) is 1. The molecular weight excluding hydrogens is 486 g/mol. The van der Waals surface area contributed by atoms with Gasteiger partial charge in [0.2, 0.25) is 0 Å². The molecule has 2 atom stereocenters. The van der Waals surface area contributed by atoms with Gasteiger partial charge in [0.05, 0.1) is 37.2 Å². The van der Waals surface area contributed by atoms with E-state index in [1.165, 1.54) is 0 Å². The van der Waals surface area contributed by atoms with Gasteiger partial charge in [-0.1, -0.05) is 34.1 Å². The first kappa shape index (κ1) is 20.1. The summed E-state index contributed by atoms with van der Waals surface area (Å²) < 4.78 is 18.2. The van der Waals surface area contributed by atoms with Gasteiger partial charge in [-0.2, -0.15) is 5.10 Å². The van der Waals surface area contributed by atoms with Gasteiger partial charge in [-0.25, -0.2) is 5.01 Å². The number of halogens is 1. The van der Waals surface area contributed by atoms with Crippen molar-refractivity contribution in [2.24, 2.45) is 5.10 Å². The summed E-state index contributed by atoms with van der Waals surface area (Å²) in [5.74, 6) is 1.70. The predicted molar refractivity (Wildman–Crippen MR) is 127 cm³/mol. The number of anilines is 1. The Morgan fingerprint density at radius 1 is 1.09 bits per heavy atom. The molecule has 3 aromatic rings. The second-order valence-corrected chi connectivity index (χ2v) is 9.02. The zero-order valence-electron chi connectivity index (χ0n) is 18.0. The number of fused-ring (bicyclic) bond motifs is 6. The molecule has 1 N–H and O–H groups in total. The SMILES string of the molecule is COc1ccc(C2=NN3[C@H](C2)c2ccccc2O[C@@]32C(=O)Nc3ccc(Br)cc32)cc1OC. The van der Waals surface area contributed by atoms with Crippen molar-refractivity contribution in [1.29, 1.82) is 0 Å². The summed E-state index contributed by atoms with van der Waals surface area (Å²) in [6, 6.07) is 19.1. The molecule has 0 saturated heterocycles. The predicted octanol–water partition coefficient (Wildman–Crippen LogP) is 4.81. The minimum atomic E-state index is -1.39. The van der Waals surface area contributed by atoms with E-state index in [0.717, 1.165) is 32.6 Å². The standard InChI is InChI=1S/C25H20BrN3O4/c1-31-22-10-7-14(11-23(22)32-2)19-13-20-16-5-3-4-6-21(16)33-25(29(20)28-19)17-12-15(26)8-9-18(17)27-24(25)30/h3-12,20H,13H2,1-2H3,(H,27,30)/t20-,25+/m1/s1. The van der Waals surface area contributed by atoms with E-state index in [1.807, 2.05) is 65.7 Å². The fraction of sp³-hybridized carbons (Fsp3) is 0.200. The van der Waals surface area contributed by atoms with Gasteiger partial charge >= 0.3 is 5.72 Å². The molecule has 6 rings (SSSR count). The number of methoxy groups -OCH3 is 2. The third kappa shape index (κ3) is 2.80. The lowest BCUT2D eigenvalue weighted by Gasteiger charge is -2.44. The molecule has 0 unspecified atom stereocenters. The van der Waals surface area contributed by atoms with Gasteiger partial charge in [0.15, 0.2) is 11.5 Å². The molecule has 1 spiro atoms. The molecule has 3 aromatic carbocycles. The van der Waals surface area contributed by atoms with Crippen molar-refractivity contribution in [3.63, 3.8) is 0 Å². The van der Waals surface area contributed by atoms with Crippen LogP contribution in [0.5, 0.6) is 17.2 Å². The first-order valence-electron chi connectivity index (χ1n) is 10.5. The molecule has 3 aliphatic rings. The van der Waals surface area contributed by atoms with E-state index in [0.29, 0.717) is 23.7 Å². The summed E-state index contributed by atoms with van der Waals surface area (Å²) in [7, 11) is 3.22. The third-order valence-corrected chi connectivity index (χ3v) is 6.88. The van der Waals surface area contributed by atoms with E-state index in [2.05, 4.69) is 21.2 Å². The number of amides is 1. The first-order chi connectivity index (χ1) is 16.0. The van der Waals surface area contributed by atoms with Crippen LogP contribution in [0.3, 0.4) is 0 Å². The largest absolute Gasteiger partial charge is 0.493 e. The lowest BCUT2D eigenvalue weighted by molar-refractivity contribution is -0.161. The molecule has 0 aromatic heterocycles. The average Bonchev–Trinajstić information content (AvgIpc) is 3.40. The summed E-state index contributed by atoms with van der Waals surface area (Å²) >= 11 is 3.54. The Balaban J connectivity index is 1.54. The smallest absolute Gasteiger partial charge is 0.306 e. The van der Waals surface area contributed by atoms with Gasteiger partial charge in [-0.15, -0.1) is 0 Å². The van der Waals surface area contributed by atoms with Gasteiger partial charge in [0.1, 0.15) is 5.75 Å². The lowest BCUT2D eigenvalue weighted by atomic mass is 9.92. The normalized spacial score (nSPS) is 22.2. The Kier molecular flexibility index (Phi) is 4.42. The number of benzene rings is 3. The van der Waals surface area contributed by atoms with E-state index < -0.39 is 5.72 Å². The minimum absolute atomic E-state index is 0.159. The van der Waals surface area contributed by atoms with Gasteiger partial charge in [0.25, 0.3) is 5.91 Å². The van der Waals surface area contributed by atoms with Crippen molar-refractivity contribution in [3.8, 4) is 17.2 Å². The summed E-state index contributed by atoms with van der Waals surface area (Å²) in [4.78, 5) is 13.5. The fourth-order valence-electron chi connectivity index (χ4n) is 4.85. The highest BCUT2D eigenvalue weighted by atomic mass is 79.9. The molecule has 8 heteroatoms. The topological polar surface area (TPSA) is 72.4 Å². The molecule has 166 valence electrons.